The molecule has 1 aliphatic rings. The molecule has 0 bridgehead atoms. The highest BCUT2D eigenvalue weighted by Gasteiger charge is 2.29. The third-order valence-corrected chi connectivity index (χ3v) is 6.57. The number of allylic oxidation sites excluding steroid dienone is 1. The lowest BCUT2D eigenvalue weighted by atomic mass is 10.1. The average molecular weight is 533 g/mol. The molecule has 5 aromatic rings. The highest BCUT2D eigenvalue weighted by Crippen LogP contribution is 2.37. The largest absolute Gasteiger partial charge is 0.496 e. The second-order valence-electron chi connectivity index (χ2n) is 9.19. The summed E-state index contributed by atoms with van der Waals surface area (Å²) in [4.78, 5) is 26.2. The second kappa shape index (κ2) is 10.5. The van der Waals surface area contributed by atoms with Crippen LogP contribution < -0.4 is 18.9 Å². The van der Waals surface area contributed by atoms with E-state index >= 15 is 0 Å². The van der Waals surface area contributed by atoms with E-state index in [1.807, 2.05) is 48.5 Å². The van der Waals surface area contributed by atoms with Gasteiger partial charge < -0.3 is 23.4 Å². The molecule has 0 unspecified atom stereocenters. The van der Waals surface area contributed by atoms with Gasteiger partial charge in [0.25, 0.3) is 0 Å². The Kier molecular flexibility index (Phi) is 6.54. The van der Waals surface area contributed by atoms with Crippen LogP contribution in [0.1, 0.15) is 37.6 Å². The maximum atomic E-state index is 13.3. The van der Waals surface area contributed by atoms with Gasteiger partial charge in [-0.25, -0.2) is 4.79 Å². The first-order valence-electron chi connectivity index (χ1n) is 12.6. The number of para-hydroxylation sites is 1. The number of hydrogen-bond donors (Lipinski definition) is 0. The number of fused-ring (bicyclic) bond motifs is 2. The van der Waals surface area contributed by atoms with E-state index in [1.54, 1.807) is 56.5 Å². The summed E-state index contributed by atoms with van der Waals surface area (Å²) in [7, 11) is 1.56. The minimum Gasteiger partial charge on any atom is -0.496 e. The summed E-state index contributed by atoms with van der Waals surface area (Å²) in [5.41, 5.74) is 2.97. The third-order valence-electron chi connectivity index (χ3n) is 6.57. The number of ketones is 1. The molecule has 0 saturated heterocycles. The van der Waals surface area contributed by atoms with E-state index in [0.29, 0.717) is 57.3 Å². The molecule has 0 saturated carbocycles. The highest BCUT2D eigenvalue weighted by atomic mass is 16.5. The predicted molar refractivity (Wildman–Crippen MR) is 149 cm³/mol. The highest BCUT2D eigenvalue weighted by molar-refractivity contribution is 6.14. The molecule has 7 nitrogen and oxygen atoms in total. The Morgan fingerprint density at radius 1 is 0.900 bits per heavy atom. The van der Waals surface area contributed by atoms with E-state index in [-0.39, 0.29) is 17.3 Å². The maximum absolute atomic E-state index is 13.3. The van der Waals surface area contributed by atoms with E-state index in [1.165, 1.54) is 6.07 Å². The smallest absolute Gasteiger partial charge is 0.347 e. The summed E-state index contributed by atoms with van der Waals surface area (Å²) in [5.74, 6) is 1.49. The van der Waals surface area contributed by atoms with E-state index in [4.69, 9.17) is 23.4 Å². The Hall–Kier alpha value is -5.30. The number of hydrogen-bond acceptors (Lipinski definition) is 7. The first kappa shape index (κ1) is 25.0. The van der Waals surface area contributed by atoms with Gasteiger partial charge in [-0.2, -0.15) is 0 Å². The number of benzene rings is 4. The van der Waals surface area contributed by atoms with Crippen molar-refractivity contribution in [2.75, 3.05) is 7.11 Å². The zero-order chi connectivity index (χ0) is 27.6. The van der Waals surface area contributed by atoms with Crippen LogP contribution in [0.4, 0.5) is 0 Å². The topological polar surface area (TPSA) is 84.2 Å². The summed E-state index contributed by atoms with van der Waals surface area (Å²) >= 11 is 0. The van der Waals surface area contributed by atoms with Gasteiger partial charge in [0.15, 0.2) is 5.76 Å². The lowest BCUT2D eigenvalue weighted by Gasteiger charge is -2.07. The zero-order valence-electron chi connectivity index (χ0n) is 21.8. The van der Waals surface area contributed by atoms with Crippen LogP contribution in [-0.4, -0.2) is 18.9 Å². The molecular formula is C33H24O7. The number of carbonyl (C=O) groups excluding carboxylic acids is 2. The van der Waals surface area contributed by atoms with E-state index < -0.39 is 5.97 Å². The lowest BCUT2D eigenvalue weighted by Crippen LogP contribution is -2.09. The van der Waals surface area contributed by atoms with E-state index in [0.717, 1.165) is 5.56 Å². The number of esters is 1. The van der Waals surface area contributed by atoms with Crippen molar-refractivity contribution < 1.29 is 33.0 Å². The van der Waals surface area contributed by atoms with Crippen LogP contribution in [0, 0.1) is 6.92 Å². The molecule has 7 heteroatoms. The molecule has 2 heterocycles. The molecule has 40 heavy (non-hydrogen) atoms. The Morgan fingerprint density at radius 2 is 1.68 bits per heavy atom. The number of carbonyl (C=O) groups is 2. The van der Waals surface area contributed by atoms with Gasteiger partial charge in [-0.3, -0.25) is 4.79 Å². The van der Waals surface area contributed by atoms with Crippen LogP contribution >= 0.6 is 0 Å². The first-order chi connectivity index (χ1) is 19.5. The van der Waals surface area contributed by atoms with Crippen molar-refractivity contribution in [2.45, 2.75) is 13.5 Å². The number of ether oxygens (including phenoxy) is 4. The zero-order valence-corrected chi connectivity index (χ0v) is 21.8. The third kappa shape index (κ3) is 4.80. The molecule has 0 radical (unpaired) electrons. The maximum Gasteiger partial charge on any atom is 0.347 e. The summed E-state index contributed by atoms with van der Waals surface area (Å²) in [6.07, 6.45) is 1.63. The molecule has 1 aliphatic heterocycles. The van der Waals surface area contributed by atoms with Gasteiger partial charge in [-0.15, -0.1) is 0 Å². The van der Waals surface area contributed by atoms with Crippen LogP contribution in [0.5, 0.6) is 23.0 Å². The Balaban J connectivity index is 1.22. The molecular weight excluding hydrogens is 508 g/mol. The van der Waals surface area contributed by atoms with Gasteiger partial charge in [0.05, 0.1) is 12.7 Å². The van der Waals surface area contributed by atoms with Gasteiger partial charge >= 0.3 is 5.97 Å². The molecule has 0 amide bonds. The van der Waals surface area contributed by atoms with E-state index in [9.17, 15) is 9.59 Å². The molecule has 0 N–H and O–H groups in total. The summed E-state index contributed by atoms with van der Waals surface area (Å²) in [6.45, 7) is 2.10. The first-order valence-corrected chi connectivity index (χ1v) is 12.6. The molecule has 6 rings (SSSR count). The molecule has 0 fully saturated rings. The van der Waals surface area contributed by atoms with Crippen molar-refractivity contribution in [3.05, 3.63) is 125 Å². The van der Waals surface area contributed by atoms with Crippen LogP contribution in [0.3, 0.4) is 0 Å². The van der Waals surface area contributed by atoms with Gasteiger partial charge in [0.2, 0.25) is 5.78 Å². The number of rotatable bonds is 7. The van der Waals surface area contributed by atoms with Gasteiger partial charge in [-0.05, 0) is 55.0 Å². The summed E-state index contributed by atoms with van der Waals surface area (Å²) in [6, 6.07) is 27.1. The molecule has 4 aromatic carbocycles. The standard InChI is InChI=1S/C33H24O7/c1-20-31(26-17-23(13-15-28(26)38-20)37-19-21-8-4-3-5-9-21)33(35)39-24-12-14-25-29(18-24)40-30(32(25)34)16-22-10-6-7-11-27(22)36-2/h3-18H,19H2,1-2H3. The Bertz CT molecular complexity index is 1780. The molecule has 198 valence electrons. The van der Waals surface area contributed by atoms with Crippen molar-refractivity contribution in [2.24, 2.45) is 0 Å². The number of aryl methyl sites for hydroxylation is 1. The molecule has 1 aromatic heterocycles. The minimum atomic E-state index is -0.592. The Morgan fingerprint density at radius 3 is 2.50 bits per heavy atom. The number of furan rings is 1. The van der Waals surface area contributed by atoms with Crippen LogP contribution in [0.25, 0.3) is 17.0 Å². The second-order valence-corrected chi connectivity index (χ2v) is 9.19. The SMILES string of the molecule is COc1ccccc1C=C1Oc2cc(OC(=O)c3c(C)oc4ccc(OCc5ccccc5)cc34)ccc2C1=O. The van der Waals surface area contributed by atoms with Crippen molar-refractivity contribution in [3.8, 4) is 23.0 Å². The normalized spacial score (nSPS) is 13.2. The summed E-state index contributed by atoms with van der Waals surface area (Å²) in [5, 5.41) is 0.586. The lowest BCUT2D eigenvalue weighted by molar-refractivity contribution is 0.0734. The molecule has 0 atom stereocenters. The van der Waals surface area contributed by atoms with Crippen LogP contribution in [0.15, 0.2) is 101 Å². The quantitative estimate of drug-likeness (QED) is 0.125. The number of Topliss-reactive ketones (excluding diaryl/α,β-unsaturated/α-hetero) is 1. The fraction of sp³-hybridized carbons (Fsp3) is 0.0909. The Labute approximate surface area is 230 Å². The molecule has 0 aliphatic carbocycles. The van der Waals surface area contributed by atoms with Crippen molar-refractivity contribution >= 4 is 28.8 Å². The van der Waals surface area contributed by atoms with Crippen LogP contribution in [0.2, 0.25) is 0 Å². The van der Waals surface area contributed by atoms with Crippen molar-refractivity contribution in [1.82, 2.24) is 0 Å². The van der Waals surface area contributed by atoms with Crippen LogP contribution in [-0.2, 0) is 6.61 Å². The minimum absolute atomic E-state index is 0.155. The fourth-order valence-corrected chi connectivity index (χ4v) is 4.60. The monoisotopic (exact) mass is 532 g/mol. The van der Waals surface area contributed by atoms with Crippen molar-refractivity contribution in [3.63, 3.8) is 0 Å². The number of methoxy groups -OCH3 is 1. The summed E-state index contributed by atoms with van der Waals surface area (Å²) < 4.78 is 28.6. The fourth-order valence-electron chi connectivity index (χ4n) is 4.60. The predicted octanol–water partition coefficient (Wildman–Crippen LogP) is 7.16. The average Bonchev–Trinajstić information content (AvgIpc) is 3.47. The van der Waals surface area contributed by atoms with Gasteiger partial charge in [0, 0.05) is 17.0 Å². The van der Waals surface area contributed by atoms with Gasteiger partial charge in [-0.1, -0.05) is 48.5 Å². The molecule has 0 spiro atoms. The van der Waals surface area contributed by atoms with E-state index in [2.05, 4.69) is 0 Å². The van der Waals surface area contributed by atoms with Crippen molar-refractivity contribution in [1.29, 1.82) is 0 Å². The van der Waals surface area contributed by atoms with Gasteiger partial charge in [0.1, 0.15) is 46.5 Å².